The summed E-state index contributed by atoms with van der Waals surface area (Å²) in [6.45, 7) is -0.0581. The smallest absolute Gasteiger partial charge is 1.00 e. The fraction of sp³-hybridized carbons (Fsp3) is 0.286. The van der Waals surface area contributed by atoms with Crippen molar-refractivity contribution in [1.29, 1.82) is 0 Å². The fourth-order valence-corrected chi connectivity index (χ4v) is 3.07. The minimum absolute atomic E-state index is 0. The van der Waals surface area contributed by atoms with Crippen molar-refractivity contribution in [3.63, 3.8) is 0 Å². The monoisotopic (exact) mass is 414 g/mol. The standard InChI is InChI=1S/C14H15ClN2O7S.Na.H/c1-23-13(18)10-4-2-9(3-5-10)7-24-8-17-6-11(15)12(16-14(17)19)25(20,21)22;;/h2-6,12H,7-8H2,1H3,(H,16,19)(H,20,21,22);;/q;+1;-1. The van der Waals surface area contributed by atoms with Gasteiger partial charge < -0.3 is 16.2 Å². The van der Waals surface area contributed by atoms with Crippen LogP contribution in [0, 0.1) is 0 Å². The van der Waals surface area contributed by atoms with Crippen molar-refractivity contribution in [2.24, 2.45) is 0 Å². The molecule has 1 unspecified atom stereocenters. The molecule has 0 fully saturated rings. The summed E-state index contributed by atoms with van der Waals surface area (Å²) in [5.74, 6) is -0.453. The number of hydrogen-bond acceptors (Lipinski definition) is 6. The molecule has 9 nitrogen and oxygen atoms in total. The van der Waals surface area contributed by atoms with Crippen LogP contribution in [0.4, 0.5) is 4.79 Å². The molecule has 1 aliphatic rings. The molecule has 1 atom stereocenters. The average Bonchev–Trinajstić information content (AvgIpc) is 2.56. The van der Waals surface area contributed by atoms with Gasteiger partial charge in [0.1, 0.15) is 6.73 Å². The van der Waals surface area contributed by atoms with Gasteiger partial charge in [-0.05, 0) is 17.7 Å². The van der Waals surface area contributed by atoms with Crippen molar-refractivity contribution < 1.29 is 63.0 Å². The van der Waals surface area contributed by atoms with Gasteiger partial charge >= 0.3 is 41.6 Å². The Morgan fingerprint density at radius 2 is 2.00 bits per heavy atom. The number of rotatable bonds is 6. The number of carbonyl (C=O) groups excluding carboxylic acids is 2. The Morgan fingerprint density at radius 1 is 1.38 bits per heavy atom. The van der Waals surface area contributed by atoms with Crippen LogP contribution in [0.2, 0.25) is 0 Å². The van der Waals surface area contributed by atoms with Crippen molar-refractivity contribution in [1.82, 2.24) is 10.2 Å². The number of urea groups is 1. The first-order valence-corrected chi connectivity index (χ1v) is 8.76. The molecule has 2 rings (SSSR count). The van der Waals surface area contributed by atoms with Crippen LogP contribution in [0.1, 0.15) is 17.3 Å². The Hall–Kier alpha value is -1.14. The van der Waals surface area contributed by atoms with Crippen molar-refractivity contribution in [3.05, 3.63) is 46.6 Å². The third kappa shape index (κ3) is 5.95. The molecule has 0 bridgehead atoms. The van der Waals surface area contributed by atoms with Gasteiger partial charge in [-0.15, -0.1) is 0 Å². The summed E-state index contributed by atoms with van der Waals surface area (Å²) in [6, 6.07) is 5.70. The van der Waals surface area contributed by atoms with E-state index < -0.39 is 27.5 Å². The molecular formula is C14H16ClN2NaO7S. The van der Waals surface area contributed by atoms with E-state index in [-0.39, 0.29) is 49.4 Å². The SMILES string of the molecule is COC(=O)c1ccc(COCN2C=C(Cl)C(S(=O)(=O)O)NC2=O)cc1.[H-].[Na+]. The Labute approximate surface area is 178 Å². The van der Waals surface area contributed by atoms with Crippen LogP contribution in [0.25, 0.3) is 0 Å². The first-order valence-electron chi connectivity index (χ1n) is 6.88. The van der Waals surface area contributed by atoms with E-state index in [0.717, 1.165) is 16.7 Å². The maximum atomic E-state index is 11.8. The first-order chi connectivity index (χ1) is 11.7. The molecule has 1 aromatic carbocycles. The van der Waals surface area contributed by atoms with E-state index in [4.69, 9.17) is 20.9 Å². The molecule has 0 radical (unpaired) electrons. The maximum absolute atomic E-state index is 11.8. The Balaban J connectivity index is 0.00000338. The van der Waals surface area contributed by atoms with Gasteiger partial charge in [-0.1, -0.05) is 23.7 Å². The van der Waals surface area contributed by atoms with Gasteiger partial charge in [0.2, 0.25) is 0 Å². The quantitative estimate of drug-likeness (QED) is 0.326. The topological polar surface area (TPSA) is 122 Å². The van der Waals surface area contributed by atoms with E-state index in [1.807, 2.05) is 5.32 Å². The van der Waals surface area contributed by atoms with Crippen molar-refractivity contribution >= 4 is 33.7 Å². The summed E-state index contributed by atoms with van der Waals surface area (Å²) in [5.41, 5.74) is 1.14. The van der Waals surface area contributed by atoms with Gasteiger partial charge in [-0.25, -0.2) is 9.59 Å². The molecule has 0 saturated heterocycles. The van der Waals surface area contributed by atoms with Gasteiger partial charge in [0.15, 0.2) is 5.37 Å². The molecule has 12 heteroatoms. The summed E-state index contributed by atoms with van der Waals surface area (Å²) in [5, 5.41) is 0.0874. The Kier molecular flexibility index (Phi) is 8.54. The number of halogens is 1. The number of hydrogen-bond donors (Lipinski definition) is 2. The molecular weight excluding hydrogens is 399 g/mol. The zero-order valence-corrected chi connectivity index (χ0v) is 17.6. The van der Waals surface area contributed by atoms with E-state index in [9.17, 15) is 18.0 Å². The fourth-order valence-electron chi connectivity index (χ4n) is 1.97. The van der Waals surface area contributed by atoms with Crippen LogP contribution in [-0.2, 0) is 26.2 Å². The van der Waals surface area contributed by atoms with Crippen LogP contribution in [0.3, 0.4) is 0 Å². The largest absolute Gasteiger partial charge is 1.00 e. The molecule has 1 heterocycles. The number of benzene rings is 1. The molecule has 0 aromatic heterocycles. The normalized spacial score (nSPS) is 17.0. The zero-order chi connectivity index (χ0) is 18.6. The molecule has 1 aromatic rings. The predicted molar refractivity (Wildman–Crippen MR) is 88.2 cm³/mol. The summed E-state index contributed by atoms with van der Waals surface area (Å²) >= 11 is 5.75. The van der Waals surface area contributed by atoms with Gasteiger partial charge in [-0.2, -0.15) is 8.42 Å². The van der Waals surface area contributed by atoms with Gasteiger partial charge in [0.25, 0.3) is 10.1 Å². The third-order valence-electron chi connectivity index (χ3n) is 3.22. The van der Waals surface area contributed by atoms with E-state index in [2.05, 4.69) is 4.74 Å². The number of methoxy groups -OCH3 is 1. The Bertz CT molecular complexity index is 804. The molecule has 0 spiro atoms. The number of carbonyl (C=O) groups is 2. The molecule has 2 amide bonds. The van der Waals surface area contributed by atoms with E-state index in [1.54, 1.807) is 24.3 Å². The summed E-state index contributed by atoms with van der Waals surface area (Å²) in [4.78, 5) is 24.1. The van der Waals surface area contributed by atoms with Crippen molar-refractivity contribution in [2.75, 3.05) is 13.8 Å². The van der Waals surface area contributed by atoms with Crippen molar-refractivity contribution in [3.8, 4) is 0 Å². The van der Waals surface area contributed by atoms with Crippen LogP contribution in [-0.4, -0.2) is 49.1 Å². The number of esters is 1. The minimum Gasteiger partial charge on any atom is -1.00 e. The molecule has 1 aliphatic heterocycles. The number of nitrogens with zero attached hydrogens (tertiary/aromatic N) is 1. The molecule has 0 saturated carbocycles. The molecule has 2 N–H and O–H groups in total. The average molecular weight is 415 g/mol. The van der Waals surface area contributed by atoms with Crippen molar-refractivity contribution in [2.45, 2.75) is 12.0 Å². The minimum atomic E-state index is -4.55. The first kappa shape index (κ1) is 22.9. The predicted octanol–water partition coefficient (Wildman–Crippen LogP) is -1.62. The maximum Gasteiger partial charge on any atom is 1.00 e. The molecule has 0 aliphatic carbocycles. The number of ether oxygens (including phenoxy) is 2. The molecule has 138 valence electrons. The number of nitrogens with one attached hydrogen (secondary N) is 1. The van der Waals surface area contributed by atoms with Gasteiger partial charge in [0, 0.05) is 6.20 Å². The Morgan fingerprint density at radius 3 is 2.54 bits per heavy atom. The second kappa shape index (κ2) is 9.70. The van der Waals surface area contributed by atoms with E-state index in [1.165, 1.54) is 7.11 Å². The van der Waals surface area contributed by atoms with Crippen LogP contribution >= 0.6 is 11.6 Å². The van der Waals surface area contributed by atoms with Crippen LogP contribution in [0.15, 0.2) is 35.5 Å². The number of amides is 2. The van der Waals surface area contributed by atoms with Gasteiger partial charge in [0.05, 0.1) is 24.3 Å². The second-order valence-corrected chi connectivity index (χ2v) is 6.93. The zero-order valence-electron chi connectivity index (χ0n) is 15.0. The summed E-state index contributed by atoms with van der Waals surface area (Å²) in [7, 11) is -3.26. The second-order valence-electron chi connectivity index (χ2n) is 4.99. The van der Waals surface area contributed by atoms with Crippen LogP contribution < -0.4 is 34.9 Å². The van der Waals surface area contributed by atoms with Crippen LogP contribution in [0.5, 0.6) is 0 Å². The summed E-state index contributed by atoms with van der Waals surface area (Å²) < 4.78 is 41.1. The van der Waals surface area contributed by atoms with Gasteiger partial charge in [-0.3, -0.25) is 9.45 Å². The van der Waals surface area contributed by atoms with E-state index >= 15 is 0 Å². The third-order valence-corrected chi connectivity index (χ3v) is 4.63. The molecule has 26 heavy (non-hydrogen) atoms. The summed E-state index contributed by atoms with van der Waals surface area (Å²) in [6.07, 6.45) is 1.07. The van der Waals surface area contributed by atoms with E-state index in [0.29, 0.717) is 5.56 Å².